The highest BCUT2D eigenvalue weighted by Gasteiger charge is 2.38. The Labute approximate surface area is 86.4 Å². The van der Waals surface area contributed by atoms with E-state index in [2.05, 4.69) is 19.5 Å². The van der Waals surface area contributed by atoms with Crippen LogP contribution < -0.4 is 5.32 Å². The molecule has 0 aromatic rings. The molecule has 1 amide bonds. The van der Waals surface area contributed by atoms with Crippen molar-refractivity contribution in [2.75, 3.05) is 12.9 Å². The van der Waals surface area contributed by atoms with E-state index in [-0.39, 0.29) is 18.6 Å². The molecular weight excluding hydrogens is 224 g/mol. The minimum Gasteiger partial charge on any atom is -0.352 e. The largest absolute Gasteiger partial charge is 0.352 e. The Morgan fingerprint density at radius 2 is 2.33 bits per heavy atom. The Kier molecular flexibility index (Phi) is 3.51. The van der Waals surface area contributed by atoms with Gasteiger partial charge >= 0.3 is 0 Å². The minimum atomic E-state index is -3.46. The summed E-state index contributed by atoms with van der Waals surface area (Å²) in [6.45, 7) is -0.0404. The van der Waals surface area contributed by atoms with E-state index in [9.17, 15) is 13.2 Å². The van der Waals surface area contributed by atoms with Crippen LogP contribution in [0.1, 0.15) is 6.42 Å². The number of carbonyl (C=O) groups excluding carboxylic acids is 1. The SMILES string of the molecule is CS(=O)(=O)OCCC1NC(=O)C1N=[N+]=[N-]. The van der Waals surface area contributed by atoms with Gasteiger partial charge in [-0.1, -0.05) is 5.11 Å². The molecule has 1 aliphatic heterocycles. The molecule has 84 valence electrons. The summed E-state index contributed by atoms with van der Waals surface area (Å²) in [5.41, 5.74) is 8.14. The maximum atomic E-state index is 10.9. The van der Waals surface area contributed by atoms with Gasteiger partial charge in [-0.2, -0.15) is 8.42 Å². The molecule has 0 saturated carbocycles. The summed E-state index contributed by atoms with van der Waals surface area (Å²) in [6, 6.07) is -1.09. The second-order valence-electron chi connectivity index (χ2n) is 3.08. The van der Waals surface area contributed by atoms with Crippen LogP contribution in [0.5, 0.6) is 0 Å². The highest BCUT2D eigenvalue weighted by molar-refractivity contribution is 7.85. The van der Waals surface area contributed by atoms with Crippen molar-refractivity contribution in [3.05, 3.63) is 10.4 Å². The van der Waals surface area contributed by atoms with Crippen molar-refractivity contribution in [3.8, 4) is 0 Å². The van der Waals surface area contributed by atoms with E-state index in [0.29, 0.717) is 6.42 Å². The van der Waals surface area contributed by atoms with Gasteiger partial charge in [0.25, 0.3) is 10.1 Å². The molecule has 15 heavy (non-hydrogen) atoms. The molecule has 0 aromatic heterocycles. The zero-order valence-electron chi connectivity index (χ0n) is 7.95. The molecule has 0 aliphatic carbocycles. The average Bonchev–Trinajstić information content (AvgIpc) is 2.11. The van der Waals surface area contributed by atoms with E-state index in [1.807, 2.05) is 0 Å². The number of nitrogens with zero attached hydrogens (tertiary/aromatic N) is 3. The monoisotopic (exact) mass is 234 g/mol. The van der Waals surface area contributed by atoms with Crippen molar-refractivity contribution in [1.29, 1.82) is 0 Å². The third kappa shape index (κ3) is 3.39. The Balaban J connectivity index is 2.35. The number of azide groups is 1. The highest BCUT2D eigenvalue weighted by Crippen LogP contribution is 2.14. The number of rotatable bonds is 5. The van der Waals surface area contributed by atoms with Crippen LogP contribution in [0.4, 0.5) is 0 Å². The van der Waals surface area contributed by atoms with E-state index in [1.165, 1.54) is 0 Å². The smallest absolute Gasteiger partial charge is 0.264 e. The standard InChI is InChI=1S/C6H10N4O4S/c1-15(12,13)14-3-2-4-5(9-10-7)6(11)8-4/h4-5H,2-3H2,1H3,(H,8,11). The lowest BCUT2D eigenvalue weighted by Gasteiger charge is -2.33. The molecule has 1 saturated heterocycles. The third-order valence-corrected chi connectivity index (χ3v) is 2.47. The summed E-state index contributed by atoms with van der Waals surface area (Å²) in [4.78, 5) is 13.4. The van der Waals surface area contributed by atoms with E-state index in [0.717, 1.165) is 6.26 Å². The van der Waals surface area contributed by atoms with Gasteiger partial charge in [0.05, 0.1) is 12.9 Å². The van der Waals surface area contributed by atoms with Gasteiger partial charge in [0.2, 0.25) is 5.91 Å². The molecule has 1 N–H and O–H groups in total. The Bertz CT molecular complexity index is 397. The molecule has 0 spiro atoms. The van der Waals surface area contributed by atoms with Crippen molar-refractivity contribution in [1.82, 2.24) is 5.32 Å². The second-order valence-corrected chi connectivity index (χ2v) is 4.72. The Morgan fingerprint density at radius 1 is 1.67 bits per heavy atom. The first-order chi connectivity index (χ1) is 6.94. The van der Waals surface area contributed by atoms with Crippen molar-refractivity contribution in [2.45, 2.75) is 18.5 Å². The molecule has 0 radical (unpaired) electrons. The fourth-order valence-electron chi connectivity index (χ4n) is 1.18. The normalized spacial score (nSPS) is 25.0. The van der Waals surface area contributed by atoms with Crippen molar-refractivity contribution in [3.63, 3.8) is 0 Å². The minimum absolute atomic E-state index is 0.0404. The van der Waals surface area contributed by atoms with Gasteiger partial charge < -0.3 is 5.32 Å². The van der Waals surface area contributed by atoms with Gasteiger partial charge in [-0.3, -0.25) is 8.98 Å². The predicted molar refractivity (Wildman–Crippen MR) is 50.3 cm³/mol. The first-order valence-corrected chi connectivity index (χ1v) is 5.94. The Morgan fingerprint density at radius 3 is 2.80 bits per heavy atom. The molecule has 0 aromatic carbocycles. The summed E-state index contributed by atoms with van der Waals surface area (Å²) in [5, 5.41) is 5.76. The third-order valence-electron chi connectivity index (χ3n) is 1.88. The van der Waals surface area contributed by atoms with Gasteiger partial charge in [-0.05, 0) is 12.0 Å². The topological polar surface area (TPSA) is 121 Å². The van der Waals surface area contributed by atoms with Gasteiger partial charge in [0.1, 0.15) is 6.04 Å². The Hall–Kier alpha value is -1.31. The summed E-state index contributed by atoms with van der Waals surface area (Å²) in [6.07, 6.45) is 1.24. The molecular formula is C6H10N4O4S. The van der Waals surface area contributed by atoms with Crippen molar-refractivity contribution >= 4 is 16.0 Å². The first-order valence-electron chi connectivity index (χ1n) is 4.13. The zero-order valence-corrected chi connectivity index (χ0v) is 8.77. The van der Waals surface area contributed by atoms with Crippen LogP contribution in [0.3, 0.4) is 0 Å². The second kappa shape index (κ2) is 4.47. The lowest BCUT2D eigenvalue weighted by Crippen LogP contribution is -2.61. The van der Waals surface area contributed by atoms with Crippen molar-refractivity contribution < 1.29 is 17.4 Å². The van der Waals surface area contributed by atoms with Gasteiger partial charge in [-0.15, -0.1) is 0 Å². The number of β-lactam (4-membered cyclic amide) rings is 1. The molecule has 8 nitrogen and oxygen atoms in total. The van der Waals surface area contributed by atoms with E-state index < -0.39 is 16.2 Å². The molecule has 9 heteroatoms. The van der Waals surface area contributed by atoms with Crippen LogP contribution in [0, 0.1) is 0 Å². The fraction of sp³-hybridized carbons (Fsp3) is 0.833. The zero-order chi connectivity index (χ0) is 11.5. The molecule has 2 atom stereocenters. The highest BCUT2D eigenvalue weighted by atomic mass is 32.2. The van der Waals surface area contributed by atoms with Crippen LogP contribution in [0.2, 0.25) is 0 Å². The fourth-order valence-corrected chi connectivity index (χ4v) is 1.58. The quantitative estimate of drug-likeness (QED) is 0.227. The molecule has 0 bridgehead atoms. The van der Waals surface area contributed by atoms with Gasteiger partial charge in [-0.25, -0.2) is 0 Å². The maximum absolute atomic E-state index is 10.9. The molecule has 1 rings (SSSR count). The summed E-state index contributed by atoms with van der Waals surface area (Å²) >= 11 is 0. The van der Waals surface area contributed by atoms with Crippen LogP contribution in [0.25, 0.3) is 10.4 Å². The van der Waals surface area contributed by atoms with E-state index >= 15 is 0 Å². The van der Waals surface area contributed by atoms with Crippen LogP contribution in [-0.2, 0) is 19.1 Å². The lowest BCUT2D eigenvalue weighted by molar-refractivity contribution is -0.130. The number of carbonyl (C=O) groups is 1. The maximum Gasteiger partial charge on any atom is 0.264 e. The number of hydrogen-bond donors (Lipinski definition) is 1. The molecule has 1 aliphatic rings. The van der Waals surface area contributed by atoms with Crippen LogP contribution in [-0.4, -0.2) is 39.3 Å². The van der Waals surface area contributed by atoms with Gasteiger partial charge in [0, 0.05) is 11.0 Å². The molecule has 1 heterocycles. The summed E-state index contributed by atoms with van der Waals surface area (Å²) in [5.74, 6) is -0.350. The predicted octanol–water partition coefficient (Wildman–Crippen LogP) is -0.470. The first kappa shape index (κ1) is 11.8. The van der Waals surface area contributed by atoms with Crippen molar-refractivity contribution in [2.24, 2.45) is 5.11 Å². The molecule has 2 unspecified atom stereocenters. The average molecular weight is 234 g/mol. The van der Waals surface area contributed by atoms with E-state index in [1.54, 1.807) is 0 Å². The van der Waals surface area contributed by atoms with Gasteiger partial charge in [0.15, 0.2) is 0 Å². The van der Waals surface area contributed by atoms with Crippen LogP contribution in [0.15, 0.2) is 5.11 Å². The number of hydrogen-bond acceptors (Lipinski definition) is 5. The number of nitrogens with one attached hydrogen (secondary N) is 1. The summed E-state index contributed by atoms with van der Waals surface area (Å²) in [7, 11) is -3.46. The van der Waals surface area contributed by atoms with E-state index in [4.69, 9.17) is 5.53 Å². The molecule has 1 fully saturated rings. The summed E-state index contributed by atoms with van der Waals surface area (Å²) < 4.78 is 25.7. The van der Waals surface area contributed by atoms with Crippen LogP contribution >= 0.6 is 0 Å². The lowest BCUT2D eigenvalue weighted by atomic mass is 9.97. The number of amides is 1.